The molecule has 0 aliphatic rings. The van der Waals surface area contributed by atoms with Gasteiger partial charge in [-0.3, -0.25) is 0 Å². The van der Waals surface area contributed by atoms with Crippen molar-refractivity contribution in [2.45, 2.75) is 32.8 Å². The first-order valence-electron chi connectivity index (χ1n) is 9.44. The zero-order chi connectivity index (χ0) is 23.8. The Morgan fingerprint density at radius 2 is 1.03 bits per heavy atom. The Balaban J connectivity index is 2.08. The number of hydrogen-bond acceptors (Lipinski definition) is 1. The third kappa shape index (κ3) is 4.87. The molecule has 0 bridgehead atoms. The molecule has 0 saturated carbocycles. The van der Waals surface area contributed by atoms with Crippen LogP contribution < -0.4 is 4.74 Å². The van der Waals surface area contributed by atoms with Gasteiger partial charge >= 0.3 is 6.11 Å². The van der Waals surface area contributed by atoms with E-state index >= 15 is 0 Å². The van der Waals surface area contributed by atoms with E-state index in [9.17, 15) is 35.1 Å². The molecule has 0 aromatic heterocycles. The van der Waals surface area contributed by atoms with Crippen LogP contribution in [0.5, 0.6) is 5.75 Å². The molecule has 0 aliphatic heterocycles. The summed E-state index contributed by atoms with van der Waals surface area (Å²) in [5.74, 6) is -9.45. The van der Waals surface area contributed by atoms with Crippen molar-refractivity contribution in [1.82, 2.24) is 0 Å². The lowest BCUT2D eigenvalue weighted by atomic mass is 9.96. The van der Waals surface area contributed by atoms with E-state index < -0.39 is 69.0 Å². The van der Waals surface area contributed by atoms with Gasteiger partial charge in [-0.1, -0.05) is 13.3 Å². The Labute approximate surface area is 178 Å². The molecule has 0 aliphatic carbocycles. The molecule has 3 rings (SSSR count). The fourth-order valence-corrected chi connectivity index (χ4v) is 3.31. The number of ether oxygens (including phenoxy) is 1. The minimum absolute atomic E-state index is 0.255. The second-order valence-electron chi connectivity index (χ2n) is 7.18. The summed E-state index contributed by atoms with van der Waals surface area (Å²) < 4.78 is 116. The normalized spacial score (nSPS) is 11.7. The molecular formula is C23H16F8O. The van der Waals surface area contributed by atoms with Crippen molar-refractivity contribution in [1.29, 1.82) is 0 Å². The first-order chi connectivity index (χ1) is 14.9. The second kappa shape index (κ2) is 8.80. The maximum atomic E-state index is 14.7. The topological polar surface area (TPSA) is 9.23 Å². The van der Waals surface area contributed by atoms with Crippen molar-refractivity contribution in [3.8, 4) is 28.0 Å². The summed E-state index contributed by atoms with van der Waals surface area (Å²) in [5, 5.41) is 0. The molecule has 0 atom stereocenters. The van der Waals surface area contributed by atoms with Gasteiger partial charge in [0.15, 0.2) is 17.4 Å². The van der Waals surface area contributed by atoms with Gasteiger partial charge in [-0.2, -0.15) is 8.78 Å². The molecule has 0 fully saturated rings. The number of aryl methyl sites for hydroxylation is 1. The van der Waals surface area contributed by atoms with E-state index in [-0.39, 0.29) is 6.92 Å². The molecule has 0 radical (unpaired) electrons. The molecule has 0 N–H and O–H groups in total. The number of rotatable bonds is 6. The number of benzene rings is 3. The lowest BCUT2D eigenvalue weighted by Gasteiger charge is -2.16. The summed E-state index contributed by atoms with van der Waals surface area (Å²) >= 11 is 0. The van der Waals surface area contributed by atoms with Crippen LogP contribution in [0.15, 0.2) is 36.4 Å². The standard InChI is InChI=1S/C23H16F8O/c1-3-4-11-5-14(24)20(15(25)6-11)12-7-16(26)21(17(27)8-12)13-9-18(28)22(19(29)10-13)32-23(2,30)31/h5-10H,3-4H2,1-2H3. The lowest BCUT2D eigenvalue weighted by Crippen LogP contribution is -2.20. The Hall–Kier alpha value is -3.10. The fourth-order valence-electron chi connectivity index (χ4n) is 3.31. The van der Waals surface area contributed by atoms with Crippen molar-refractivity contribution < 1.29 is 39.9 Å². The van der Waals surface area contributed by atoms with E-state index in [1.54, 1.807) is 0 Å². The molecule has 3 aromatic carbocycles. The lowest BCUT2D eigenvalue weighted by molar-refractivity contribution is -0.162. The van der Waals surface area contributed by atoms with Crippen molar-refractivity contribution in [2.24, 2.45) is 0 Å². The van der Waals surface area contributed by atoms with E-state index in [0.29, 0.717) is 42.7 Å². The molecule has 32 heavy (non-hydrogen) atoms. The summed E-state index contributed by atoms with van der Waals surface area (Å²) in [6.07, 6.45) is -2.87. The second-order valence-corrected chi connectivity index (χ2v) is 7.18. The molecule has 9 heteroatoms. The van der Waals surface area contributed by atoms with Crippen LogP contribution >= 0.6 is 0 Å². The third-order valence-corrected chi connectivity index (χ3v) is 4.54. The van der Waals surface area contributed by atoms with Gasteiger partial charge in [0.05, 0.1) is 11.1 Å². The van der Waals surface area contributed by atoms with Crippen molar-refractivity contribution >= 4 is 0 Å². The Morgan fingerprint density at radius 3 is 1.41 bits per heavy atom. The average molecular weight is 460 g/mol. The maximum Gasteiger partial charge on any atom is 0.395 e. The molecule has 0 saturated heterocycles. The maximum absolute atomic E-state index is 14.7. The average Bonchev–Trinajstić information content (AvgIpc) is 2.63. The molecule has 1 nitrogen and oxygen atoms in total. The highest BCUT2D eigenvalue weighted by molar-refractivity contribution is 5.73. The Bertz CT molecular complexity index is 1100. The van der Waals surface area contributed by atoms with Crippen molar-refractivity contribution in [3.05, 3.63) is 76.9 Å². The first kappa shape index (κ1) is 23.6. The zero-order valence-electron chi connectivity index (χ0n) is 16.8. The van der Waals surface area contributed by atoms with Crippen LogP contribution in [-0.2, 0) is 6.42 Å². The SMILES string of the molecule is CCCc1cc(F)c(-c2cc(F)c(-c3cc(F)c(OC(C)(F)F)c(F)c3)c(F)c2)c(F)c1. The van der Waals surface area contributed by atoms with Gasteiger partial charge in [0.25, 0.3) is 0 Å². The summed E-state index contributed by atoms with van der Waals surface area (Å²) in [6, 6.07) is 4.15. The fraction of sp³-hybridized carbons (Fsp3) is 0.217. The van der Waals surface area contributed by atoms with Crippen LogP contribution in [0.1, 0.15) is 25.8 Å². The molecule has 170 valence electrons. The van der Waals surface area contributed by atoms with Crippen molar-refractivity contribution in [2.75, 3.05) is 0 Å². The smallest absolute Gasteiger partial charge is 0.395 e. The summed E-state index contributed by atoms with van der Waals surface area (Å²) in [4.78, 5) is 0. The summed E-state index contributed by atoms with van der Waals surface area (Å²) in [7, 11) is 0. The number of halogens is 8. The minimum atomic E-state index is -3.90. The Morgan fingerprint density at radius 1 is 0.656 bits per heavy atom. The van der Waals surface area contributed by atoms with Gasteiger partial charge in [-0.15, -0.1) is 0 Å². The van der Waals surface area contributed by atoms with Gasteiger partial charge in [0.2, 0.25) is 0 Å². The molecule has 0 spiro atoms. The van der Waals surface area contributed by atoms with Crippen LogP contribution in [0.2, 0.25) is 0 Å². The zero-order valence-corrected chi connectivity index (χ0v) is 16.8. The molecule has 3 aromatic rings. The Kier molecular flexibility index (Phi) is 6.48. The number of hydrogen-bond donors (Lipinski definition) is 0. The monoisotopic (exact) mass is 460 g/mol. The van der Waals surface area contributed by atoms with Gasteiger partial charge in [0, 0.05) is 6.92 Å². The molecule has 0 amide bonds. The predicted octanol–water partition coefficient (Wildman–Crippen LogP) is 7.80. The van der Waals surface area contributed by atoms with Crippen LogP contribution in [-0.4, -0.2) is 6.11 Å². The summed E-state index contributed by atoms with van der Waals surface area (Å²) in [5.41, 5.74) is -2.33. The quantitative estimate of drug-likeness (QED) is 0.341. The van der Waals surface area contributed by atoms with Crippen LogP contribution in [0.25, 0.3) is 22.3 Å². The number of alkyl halides is 2. The van der Waals surface area contributed by atoms with E-state index in [1.165, 1.54) is 0 Å². The van der Waals surface area contributed by atoms with Gasteiger partial charge in [0.1, 0.15) is 23.3 Å². The van der Waals surface area contributed by atoms with Crippen LogP contribution in [0.4, 0.5) is 35.1 Å². The largest absolute Gasteiger partial charge is 0.426 e. The highest BCUT2D eigenvalue weighted by atomic mass is 19.3. The van der Waals surface area contributed by atoms with E-state index in [1.807, 2.05) is 6.92 Å². The van der Waals surface area contributed by atoms with Crippen LogP contribution in [0, 0.1) is 34.9 Å². The molecule has 0 unspecified atom stereocenters. The third-order valence-electron chi connectivity index (χ3n) is 4.54. The first-order valence-corrected chi connectivity index (χ1v) is 9.44. The van der Waals surface area contributed by atoms with E-state index in [4.69, 9.17) is 0 Å². The minimum Gasteiger partial charge on any atom is -0.426 e. The highest BCUT2D eigenvalue weighted by Crippen LogP contribution is 2.37. The van der Waals surface area contributed by atoms with E-state index in [0.717, 1.165) is 12.1 Å². The van der Waals surface area contributed by atoms with E-state index in [2.05, 4.69) is 4.74 Å². The van der Waals surface area contributed by atoms with Crippen molar-refractivity contribution in [3.63, 3.8) is 0 Å². The highest BCUT2D eigenvalue weighted by Gasteiger charge is 2.28. The molecule has 0 heterocycles. The van der Waals surface area contributed by atoms with Gasteiger partial charge in [-0.05, 0) is 59.5 Å². The summed E-state index contributed by atoms with van der Waals surface area (Å²) in [6.45, 7) is 2.07. The predicted molar refractivity (Wildman–Crippen MR) is 102 cm³/mol. The van der Waals surface area contributed by atoms with Crippen LogP contribution in [0.3, 0.4) is 0 Å². The molecular weight excluding hydrogens is 444 g/mol. The van der Waals surface area contributed by atoms with Gasteiger partial charge < -0.3 is 4.74 Å². The van der Waals surface area contributed by atoms with Gasteiger partial charge in [-0.25, -0.2) is 26.3 Å².